The number of hydrogen-bond acceptors (Lipinski definition) is 8. The minimum absolute atomic E-state index is 0.0272. The summed E-state index contributed by atoms with van der Waals surface area (Å²) in [4.78, 5) is 44.4. The van der Waals surface area contributed by atoms with Crippen molar-refractivity contribution in [1.82, 2.24) is 10.6 Å². The quantitative estimate of drug-likeness (QED) is 0.375. The summed E-state index contributed by atoms with van der Waals surface area (Å²) in [5.41, 5.74) is -1.47. The van der Waals surface area contributed by atoms with Crippen molar-refractivity contribution < 1.29 is 29.3 Å². The van der Waals surface area contributed by atoms with Crippen LogP contribution in [0.3, 0.4) is 0 Å². The molecule has 0 bridgehead atoms. The van der Waals surface area contributed by atoms with Gasteiger partial charge in [0.05, 0.1) is 27.0 Å². The van der Waals surface area contributed by atoms with Gasteiger partial charge in [-0.15, -0.1) is 0 Å². The van der Waals surface area contributed by atoms with Crippen molar-refractivity contribution in [2.45, 2.75) is 38.8 Å². The summed E-state index contributed by atoms with van der Waals surface area (Å²) in [6.45, 7) is 4.17. The van der Waals surface area contributed by atoms with Gasteiger partial charge >= 0.3 is 6.09 Å². The molecule has 1 atom stereocenters. The van der Waals surface area contributed by atoms with E-state index in [1.165, 1.54) is 0 Å². The van der Waals surface area contributed by atoms with Crippen LogP contribution in [0.5, 0.6) is 0 Å². The molecule has 13 heteroatoms. The first kappa shape index (κ1) is 24.2. The Morgan fingerprint density at radius 2 is 1.86 bits per heavy atom. The van der Waals surface area contributed by atoms with Crippen LogP contribution < -0.4 is 10.6 Å². The number of amides is 2. The SMILES string of the molecule is CC(C)(C)OC(=O)N[C@@H](CO)C(=O)NCCc1cc([N+](=O)[O-])cc([N+](=O)[O-])c1Br. The topological polar surface area (TPSA) is 174 Å². The van der Waals surface area contributed by atoms with E-state index in [-0.39, 0.29) is 23.0 Å². The average Bonchev–Trinajstić information content (AvgIpc) is 2.58. The van der Waals surface area contributed by atoms with Crippen LogP contribution in [-0.2, 0) is 16.0 Å². The number of nitro benzene ring substituents is 2. The van der Waals surface area contributed by atoms with E-state index in [0.29, 0.717) is 0 Å². The van der Waals surface area contributed by atoms with E-state index >= 15 is 0 Å². The number of non-ortho nitro benzene ring substituents is 1. The maximum Gasteiger partial charge on any atom is 0.408 e. The van der Waals surface area contributed by atoms with Gasteiger partial charge in [0.15, 0.2) is 0 Å². The largest absolute Gasteiger partial charge is 0.444 e. The van der Waals surface area contributed by atoms with Gasteiger partial charge in [-0.3, -0.25) is 25.0 Å². The van der Waals surface area contributed by atoms with Gasteiger partial charge in [-0.05, 0) is 48.7 Å². The molecule has 0 aromatic heterocycles. The number of nitrogens with one attached hydrogen (secondary N) is 2. The van der Waals surface area contributed by atoms with Gasteiger partial charge in [0.1, 0.15) is 11.6 Å². The fourth-order valence-electron chi connectivity index (χ4n) is 2.16. The van der Waals surface area contributed by atoms with E-state index in [9.17, 15) is 34.9 Å². The Hall–Kier alpha value is -2.80. The van der Waals surface area contributed by atoms with Crippen LogP contribution in [0.15, 0.2) is 16.6 Å². The van der Waals surface area contributed by atoms with Crippen molar-refractivity contribution in [3.05, 3.63) is 42.4 Å². The number of nitrogens with zero attached hydrogens (tertiary/aromatic N) is 2. The molecule has 160 valence electrons. The van der Waals surface area contributed by atoms with E-state index in [2.05, 4.69) is 26.6 Å². The third kappa shape index (κ3) is 7.62. The number of carbonyl (C=O) groups is 2. The maximum absolute atomic E-state index is 12.1. The van der Waals surface area contributed by atoms with Crippen LogP contribution in [0.4, 0.5) is 16.2 Å². The standard InChI is InChI=1S/C16H21BrN4O8/c1-16(2,3)29-15(24)19-11(8-22)14(23)18-5-4-9-6-10(20(25)26)7-12(13(9)17)21(27)28/h6-7,11,22H,4-5,8H2,1-3H3,(H,18,23)(H,19,24)/t11-/m0/s1. The Kier molecular flexibility index (Phi) is 8.45. The molecule has 0 saturated carbocycles. The van der Waals surface area contributed by atoms with Gasteiger partial charge in [-0.25, -0.2) is 4.79 Å². The van der Waals surface area contributed by atoms with Crippen molar-refractivity contribution in [3.63, 3.8) is 0 Å². The molecule has 1 aromatic carbocycles. The van der Waals surface area contributed by atoms with Gasteiger partial charge in [0, 0.05) is 12.6 Å². The van der Waals surface area contributed by atoms with Crippen molar-refractivity contribution in [1.29, 1.82) is 0 Å². The van der Waals surface area contributed by atoms with Gasteiger partial charge in [-0.1, -0.05) is 0 Å². The summed E-state index contributed by atoms with van der Waals surface area (Å²) in [6.07, 6.45) is -0.858. The summed E-state index contributed by atoms with van der Waals surface area (Å²) in [5.74, 6) is -0.714. The van der Waals surface area contributed by atoms with Gasteiger partial charge in [0.2, 0.25) is 5.91 Å². The molecule has 0 unspecified atom stereocenters. The lowest BCUT2D eigenvalue weighted by atomic mass is 10.1. The molecule has 0 radical (unpaired) electrons. The molecule has 1 aromatic rings. The Balaban J connectivity index is 2.79. The highest BCUT2D eigenvalue weighted by Crippen LogP contribution is 2.33. The lowest BCUT2D eigenvalue weighted by Gasteiger charge is -2.22. The van der Waals surface area contributed by atoms with Crippen molar-refractivity contribution in [2.24, 2.45) is 0 Å². The van der Waals surface area contributed by atoms with E-state index in [0.717, 1.165) is 12.1 Å². The molecule has 0 aliphatic heterocycles. The highest BCUT2D eigenvalue weighted by Gasteiger charge is 2.25. The van der Waals surface area contributed by atoms with Gasteiger partial charge in [-0.2, -0.15) is 0 Å². The molecule has 0 aliphatic rings. The Bertz CT molecular complexity index is 809. The molecule has 2 amide bonds. The predicted molar refractivity (Wildman–Crippen MR) is 104 cm³/mol. The Labute approximate surface area is 174 Å². The molecule has 0 aliphatic carbocycles. The second-order valence-corrected chi connectivity index (χ2v) is 7.67. The lowest BCUT2D eigenvalue weighted by molar-refractivity contribution is -0.394. The zero-order valence-corrected chi connectivity index (χ0v) is 17.5. The maximum atomic E-state index is 12.1. The molecule has 1 rings (SSSR count). The summed E-state index contributed by atoms with van der Waals surface area (Å²) < 4.78 is 5.07. The number of rotatable bonds is 8. The summed E-state index contributed by atoms with van der Waals surface area (Å²) in [5, 5.41) is 36.0. The van der Waals surface area contributed by atoms with Crippen LogP contribution in [0.2, 0.25) is 0 Å². The lowest BCUT2D eigenvalue weighted by Crippen LogP contribution is -2.50. The molecule has 0 saturated heterocycles. The zero-order chi connectivity index (χ0) is 22.4. The number of carbonyl (C=O) groups excluding carboxylic acids is 2. The van der Waals surface area contributed by atoms with Crippen LogP contribution in [0.1, 0.15) is 26.3 Å². The minimum Gasteiger partial charge on any atom is -0.444 e. The van der Waals surface area contributed by atoms with Crippen molar-refractivity contribution >= 4 is 39.3 Å². The summed E-state index contributed by atoms with van der Waals surface area (Å²) in [7, 11) is 0. The molecule has 0 fully saturated rings. The summed E-state index contributed by atoms with van der Waals surface area (Å²) >= 11 is 3.05. The molecular formula is C16H21BrN4O8. The van der Waals surface area contributed by atoms with E-state index in [4.69, 9.17) is 4.74 Å². The number of aliphatic hydroxyl groups excluding tert-OH is 1. The first-order chi connectivity index (χ1) is 13.4. The van der Waals surface area contributed by atoms with Crippen LogP contribution in [0.25, 0.3) is 0 Å². The van der Waals surface area contributed by atoms with Gasteiger partial charge < -0.3 is 20.5 Å². The molecule has 0 spiro atoms. The first-order valence-electron chi connectivity index (χ1n) is 8.35. The zero-order valence-electron chi connectivity index (χ0n) is 15.9. The molecular weight excluding hydrogens is 456 g/mol. The van der Waals surface area contributed by atoms with Crippen LogP contribution in [0, 0.1) is 20.2 Å². The van der Waals surface area contributed by atoms with Crippen LogP contribution >= 0.6 is 15.9 Å². The normalized spacial score (nSPS) is 12.0. The van der Waals surface area contributed by atoms with E-state index < -0.39 is 51.5 Å². The van der Waals surface area contributed by atoms with E-state index in [1.807, 2.05) is 0 Å². The molecule has 12 nitrogen and oxygen atoms in total. The fourth-order valence-corrected chi connectivity index (χ4v) is 2.73. The average molecular weight is 477 g/mol. The minimum atomic E-state index is -1.27. The number of nitro groups is 2. The molecule has 29 heavy (non-hydrogen) atoms. The number of ether oxygens (including phenoxy) is 1. The second-order valence-electron chi connectivity index (χ2n) is 6.87. The number of hydrogen-bond donors (Lipinski definition) is 3. The third-order valence-electron chi connectivity index (χ3n) is 3.40. The first-order valence-corrected chi connectivity index (χ1v) is 9.14. The second kappa shape index (κ2) is 10.1. The molecule has 0 heterocycles. The number of aliphatic hydroxyl groups is 1. The third-order valence-corrected chi connectivity index (χ3v) is 4.32. The Morgan fingerprint density at radius 1 is 1.24 bits per heavy atom. The van der Waals surface area contributed by atoms with E-state index in [1.54, 1.807) is 20.8 Å². The number of halogens is 1. The van der Waals surface area contributed by atoms with Gasteiger partial charge in [0.25, 0.3) is 11.4 Å². The number of alkyl carbamates (subject to hydrolysis) is 1. The highest BCUT2D eigenvalue weighted by molar-refractivity contribution is 9.10. The van der Waals surface area contributed by atoms with Crippen LogP contribution in [-0.4, -0.2) is 51.7 Å². The number of benzene rings is 1. The smallest absolute Gasteiger partial charge is 0.408 e. The Morgan fingerprint density at radius 3 is 2.34 bits per heavy atom. The highest BCUT2D eigenvalue weighted by atomic mass is 79.9. The van der Waals surface area contributed by atoms with Crippen molar-refractivity contribution in [3.8, 4) is 0 Å². The monoisotopic (exact) mass is 476 g/mol. The van der Waals surface area contributed by atoms with Crippen molar-refractivity contribution in [2.75, 3.05) is 13.2 Å². The molecule has 3 N–H and O–H groups in total. The fraction of sp³-hybridized carbons (Fsp3) is 0.500. The summed E-state index contributed by atoms with van der Waals surface area (Å²) in [6, 6.07) is 0.720. The predicted octanol–water partition coefficient (Wildman–Crippen LogP) is 1.81.